The van der Waals surface area contributed by atoms with Crippen molar-refractivity contribution in [2.75, 3.05) is 0 Å². The van der Waals surface area contributed by atoms with Gasteiger partial charge in [-0.25, -0.2) is 4.39 Å². The SMILES string of the molecule is CCC1(CC)CCCc2c(F)cccc21. The van der Waals surface area contributed by atoms with Gasteiger partial charge in [0.2, 0.25) is 0 Å². The molecule has 0 radical (unpaired) electrons. The molecule has 82 valence electrons. The largest absolute Gasteiger partial charge is 0.207 e. The zero-order chi connectivity index (χ0) is 10.9. The van der Waals surface area contributed by atoms with Gasteiger partial charge in [-0.15, -0.1) is 0 Å². The predicted octanol–water partition coefficient (Wildman–Crippen LogP) is 4.22. The van der Waals surface area contributed by atoms with E-state index in [1.165, 1.54) is 12.0 Å². The normalized spacial score (nSPS) is 18.6. The van der Waals surface area contributed by atoms with E-state index in [0.29, 0.717) is 0 Å². The standard InChI is InChI=1S/C14H19F/c1-3-14(4-2)10-6-7-11-12(14)8-5-9-13(11)15/h5,8-9H,3-4,6-7,10H2,1-2H3. The molecule has 0 saturated heterocycles. The number of hydrogen-bond donors (Lipinski definition) is 0. The molecule has 0 amide bonds. The van der Waals surface area contributed by atoms with Crippen molar-refractivity contribution < 1.29 is 4.39 Å². The van der Waals surface area contributed by atoms with E-state index in [4.69, 9.17) is 0 Å². The highest BCUT2D eigenvalue weighted by atomic mass is 19.1. The predicted molar refractivity (Wildman–Crippen MR) is 61.6 cm³/mol. The van der Waals surface area contributed by atoms with Crippen LogP contribution in [0.25, 0.3) is 0 Å². The molecule has 2 rings (SSSR count). The highest BCUT2D eigenvalue weighted by molar-refractivity contribution is 5.37. The Balaban J connectivity index is 2.55. The fourth-order valence-electron chi connectivity index (χ4n) is 3.03. The maximum absolute atomic E-state index is 13.7. The maximum Gasteiger partial charge on any atom is 0.126 e. The van der Waals surface area contributed by atoms with Crippen molar-refractivity contribution in [3.05, 3.63) is 35.1 Å². The van der Waals surface area contributed by atoms with Gasteiger partial charge in [-0.05, 0) is 54.7 Å². The average molecular weight is 206 g/mol. The Morgan fingerprint density at radius 2 is 2.00 bits per heavy atom. The van der Waals surface area contributed by atoms with Crippen molar-refractivity contribution >= 4 is 0 Å². The van der Waals surface area contributed by atoms with Crippen molar-refractivity contribution in [1.29, 1.82) is 0 Å². The molecule has 1 heteroatoms. The summed E-state index contributed by atoms with van der Waals surface area (Å²) >= 11 is 0. The van der Waals surface area contributed by atoms with Gasteiger partial charge in [0.25, 0.3) is 0 Å². The van der Waals surface area contributed by atoms with E-state index in [-0.39, 0.29) is 11.2 Å². The molecular formula is C14H19F. The minimum atomic E-state index is -0.00141. The first-order valence-corrected chi connectivity index (χ1v) is 6.01. The third-order valence-corrected chi connectivity index (χ3v) is 4.13. The Labute approximate surface area is 91.5 Å². The summed E-state index contributed by atoms with van der Waals surface area (Å²) in [5.74, 6) is -0.00141. The molecular weight excluding hydrogens is 187 g/mol. The highest BCUT2D eigenvalue weighted by Gasteiger charge is 2.34. The van der Waals surface area contributed by atoms with Gasteiger partial charge in [0.15, 0.2) is 0 Å². The number of fused-ring (bicyclic) bond motifs is 1. The van der Waals surface area contributed by atoms with Crippen molar-refractivity contribution in [1.82, 2.24) is 0 Å². The third kappa shape index (κ3) is 1.58. The van der Waals surface area contributed by atoms with Gasteiger partial charge in [0, 0.05) is 0 Å². The maximum atomic E-state index is 13.7. The Morgan fingerprint density at radius 1 is 1.27 bits per heavy atom. The van der Waals surface area contributed by atoms with E-state index >= 15 is 0 Å². The summed E-state index contributed by atoms with van der Waals surface area (Å²) in [5.41, 5.74) is 2.50. The van der Waals surface area contributed by atoms with E-state index in [1.54, 1.807) is 6.07 Å². The summed E-state index contributed by atoms with van der Waals surface area (Å²) in [6.45, 7) is 4.45. The first kappa shape index (κ1) is 10.7. The lowest BCUT2D eigenvalue weighted by atomic mass is 9.67. The summed E-state index contributed by atoms with van der Waals surface area (Å²) in [4.78, 5) is 0. The molecule has 0 aromatic heterocycles. The van der Waals surface area contributed by atoms with Crippen LogP contribution < -0.4 is 0 Å². The van der Waals surface area contributed by atoms with Gasteiger partial charge in [0.05, 0.1) is 0 Å². The van der Waals surface area contributed by atoms with Gasteiger partial charge < -0.3 is 0 Å². The number of halogens is 1. The Bertz CT molecular complexity index is 350. The van der Waals surface area contributed by atoms with Crippen LogP contribution in [-0.2, 0) is 11.8 Å². The zero-order valence-electron chi connectivity index (χ0n) is 9.65. The fraction of sp³-hybridized carbons (Fsp3) is 0.571. The lowest BCUT2D eigenvalue weighted by molar-refractivity contribution is 0.330. The second kappa shape index (κ2) is 3.96. The second-order valence-electron chi connectivity index (χ2n) is 4.61. The second-order valence-corrected chi connectivity index (χ2v) is 4.61. The summed E-state index contributed by atoms with van der Waals surface area (Å²) in [5, 5.41) is 0. The van der Waals surface area contributed by atoms with E-state index < -0.39 is 0 Å². The molecule has 0 aliphatic heterocycles. The van der Waals surface area contributed by atoms with Crippen LogP contribution in [0.2, 0.25) is 0 Å². The minimum Gasteiger partial charge on any atom is -0.207 e. The first-order chi connectivity index (χ1) is 7.23. The Kier molecular flexibility index (Phi) is 2.81. The molecule has 0 N–H and O–H groups in total. The van der Waals surface area contributed by atoms with Crippen LogP contribution >= 0.6 is 0 Å². The van der Waals surface area contributed by atoms with Crippen LogP contribution in [0.3, 0.4) is 0 Å². The molecule has 0 fully saturated rings. The van der Waals surface area contributed by atoms with Crippen LogP contribution in [0.4, 0.5) is 4.39 Å². The molecule has 1 aliphatic carbocycles. The van der Waals surface area contributed by atoms with E-state index in [9.17, 15) is 4.39 Å². The lowest BCUT2D eigenvalue weighted by Crippen LogP contribution is -2.30. The quantitative estimate of drug-likeness (QED) is 0.679. The van der Waals surface area contributed by atoms with Crippen molar-refractivity contribution in [3.63, 3.8) is 0 Å². The minimum absolute atomic E-state index is 0.00141. The number of hydrogen-bond acceptors (Lipinski definition) is 0. The lowest BCUT2D eigenvalue weighted by Gasteiger charge is -2.38. The number of rotatable bonds is 2. The first-order valence-electron chi connectivity index (χ1n) is 6.01. The topological polar surface area (TPSA) is 0 Å². The smallest absolute Gasteiger partial charge is 0.126 e. The fourth-order valence-corrected chi connectivity index (χ4v) is 3.03. The highest BCUT2D eigenvalue weighted by Crippen LogP contribution is 2.42. The van der Waals surface area contributed by atoms with Crippen molar-refractivity contribution in [2.24, 2.45) is 0 Å². The van der Waals surface area contributed by atoms with Crippen LogP contribution in [0, 0.1) is 5.82 Å². The average Bonchev–Trinajstić information content (AvgIpc) is 2.29. The molecule has 0 spiro atoms. The molecule has 0 atom stereocenters. The van der Waals surface area contributed by atoms with Crippen LogP contribution in [0.5, 0.6) is 0 Å². The Morgan fingerprint density at radius 3 is 2.67 bits per heavy atom. The van der Waals surface area contributed by atoms with Crippen LogP contribution in [0.15, 0.2) is 18.2 Å². The molecule has 1 aromatic rings. The van der Waals surface area contributed by atoms with Crippen molar-refractivity contribution in [2.45, 2.75) is 51.4 Å². The van der Waals surface area contributed by atoms with Gasteiger partial charge in [0.1, 0.15) is 5.82 Å². The summed E-state index contributed by atoms with van der Waals surface area (Å²) < 4.78 is 13.7. The van der Waals surface area contributed by atoms with Crippen LogP contribution in [-0.4, -0.2) is 0 Å². The van der Waals surface area contributed by atoms with E-state index in [2.05, 4.69) is 19.9 Å². The molecule has 0 saturated carbocycles. The summed E-state index contributed by atoms with van der Waals surface area (Å²) in [6, 6.07) is 5.59. The molecule has 0 nitrogen and oxygen atoms in total. The molecule has 1 aliphatic rings. The van der Waals surface area contributed by atoms with E-state index in [1.807, 2.05) is 6.07 Å². The summed E-state index contributed by atoms with van der Waals surface area (Å²) in [6.07, 6.45) is 5.52. The molecule has 0 heterocycles. The number of benzene rings is 1. The monoisotopic (exact) mass is 206 g/mol. The Hall–Kier alpha value is -0.850. The molecule has 0 bridgehead atoms. The third-order valence-electron chi connectivity index (χ3n) is 4.13. The molecule has 1 aromatic carbocycles. The van der Waals surface area contributed by atoms with Crippen molar-refractivity contribution in [3.8, 4) is 0 Å². The van der Waals surface area contributed by atoms with E-state index in [0.717, 1.165) is 31.2 Å². The molecule has 15 heavy (non-hydrogen) atoms. The van der Waals surface area contributed by atoms with Crippen LogP contribution in [0.1, 0.15) is 50.7 Å². The van der Waals surface area contributed by atoms with Gasteiger partial charge in [-0.1, -0.05) is 26.0 Å². The van der Waals surface area contributed by atoms with Gasteiger partial charge in [-0.3, -0.25) is 0 Å². The molecule has 0 unspecified atom stereocenters. The van der Waals surface area contributed by atoms with Gasteiger partial charge >= 0.3 is 0 Å². The summed E-state index contributed by atoms with van der Waals surface area (Å²) in [7, 11) is 0. The van der Waals surface area contributed by atoms with Gasteiger partial charge in [-0.2, -0.15) is 0 Å². The zero-order valence-corrected chi connectivity index (χ0v) is 9.65.